The number of halogens is 1. The van der Waals surface area contributed by atoms with Gasteiger partial charge in [-0.3, -0.25) is 0 Å². The van der Waals surface area contributed by atoms with Gasteiger partial charge >= 0.3 is 152 Å². The maximum Gasteiger partial charge on any atom is 3.00 e. The number of phosphoric acid groups is 1. The van der Waals surface area contributed by atoms with Gasteiger partial charge in [0.2, 0.25) is 0 Å². The average molecular weight is 521 g/mol. The fourth-order valence-corrected chi connectivity index (χ4v) is 0. The summed E-state index contributed by atoms with van der Waals surface area (Å²) in [5, 5.41) is 0. The fourth-order valence-electron chi connectivity index (χ4n) is 0. The molecule has 0 spiro atoms. The van der Waals surface area contributed by atoms with Crippen LogP contribution in [-0.2, 0) is 4.57 Å². The molecule has 11 heavy (non-hydrogen) atoms. The zero-order valence-electron chi connectivity index (χ0n) is 5.69. The predicted molar refractivity (Wildman–Crippen MR) is 15.3 cm³/mol. The number of hydrogen-bond acceptors (Lipinski definition) is 5. The quantitative estimate of drug-likeness (QED) is 0.232. The van der Waals surface area contributed by atoms with Gasteiger partial charge in [0, 0.05) is 0 Å². The fraction of sp³-hybridized carbons (Fsp3) is 0. The Bertz CT molecular complexity index is 72.6. The van der Waals surface area contributed by atoms with Crippen molar-refractivity contribution in [1.82, 2.24) is 0 Å². The van der Waals surface area contributed by atoms with Gasteiger partial charge in [0.1, 0.15) is 0 Å². The Hall–Kier alpha value is 5.05. The molecule has 0 heterocycles. The third-order valence-corrected chi connectivity index (χ3v) is 0. The standard InChI is InChI=1S/Ce.FH.La.Na.H3O4P.H2O.Sr/c;;;;1-5(2,3)4;;/h;1H;;;(H3,1,2,3,4);1H2;/q+3;;+3;+1;;;+2/p-5. The van der Waals surface area contributed by atoms with E-state index in [2.05, 4.69) is 0 Å². The van der Waals surface area contributed by atoms with E-state index in [9.17, 15) is 0 Å². The predicted octanol–water partition coefficient (Wildman–Crippen LogP) is -9.37. The maximum absolute atomic E-state index is 8.55. The Kier molecular flexibility index (Phi) is 98.2. The van der Waals surface area contributed by atoms with E-state index in [1.54, 1.807) is 0 Å². The maximum atomic E-state index is 8.55. The van der Waals surface area contributed by atoms with Crippen LogP contribution in [-0.4, -0.2) is 51.0 Å². The molecule has 0 unspecified atom stereocenters. The first-order valence-electron chi connectivity index (χ1n) is 0.730. The molecule has 0 saturated heterocycles. The third kappa shape index (κ3) is 100. The van der Waals surface area contributed by atoms with E-state index in [1.807, 2.05) is 0 Å². The molecule has 49 valence electrons. The molecule has 0 aromatic carbocycles. The molecule has 0 atom stereocenters. The SMILES string of the molecule is O=P([O-])([O-])[O-].[Ce+3].[F-].[La+3].[Na+].[OH-].[Sr+2]. The molecule has 5 nitrogen and oxygen atoms in total. The molecule has 0 fully saturated rings. The molecule has 0 aliphatic heterocycles. The van der Waals surface area contributed by atoms with E-state index < -0.39 is 7.82 Å². The van der Waals surface area contributed by atoms with Crippen LogP contribution in [0.1, 0.15) is 0 Å². The van der Waals surface area contributed by atoms with E-state index in [1.165, 1.54) is 0 Å². The summed E-state index contributed by atoms with van der Waals surface area (Å²) in [6.45, 7) is 0. The minimum absolute atomic E-state index is 0. The van der Waals surface area contributed by atoms with Gasteiger partial charge < -0.3 is 29.4 Å². The molecule has 0 aromatic rings. The van der Waals surface area contributed by atoms with Crippen LogP contribution in [0.3, 0.4) is 0 Å². The van der Waals surface area contributed by atoms with Gasteiger partial charge in [0.25, 0.3) is 0 Å². The summed E-state index contributed by atoms with van der Waals surface area (Å²) in [5.74, 6) is 0. The number of rotatable bonds is 0. The first-order chi connectivity index (χ1) is 2.00. The molecule has 1 radical (unpaired) electrons. The summed E-state index contributed by atoms with van der Waals surface area (Å²) in [7, 11) is -5.39. The topological polar surface area (TPSA) is 116 Å². The second-order valence-electron chi connectivity index (χ2n) is 0.447. The summed E-state index contributed by atoms with van der Waals surface area (Å²) < 4.78 is 8.55. The molecule has 0 rings (SSSR count). The zero-order valence-corrected chi connectivity index (χ0v) is 18.8. The van der Waals surface area contributed by atoms with Crippen molar-refractivity contribution < 1.29 is 136 Å². The molecular weight excluding hydrogens is 520 g/mol. The summed E-state index contributed by atoms with van der Waals surface area (Å²) in [6, 6.07) is 0. The van der Waals surface area contributed by atoms with Gasteiger partial charge in [-0.25, -0.2) is 0 Å². The molecule has 0 saturated carbocycles. The van der Waals surface area contributed by atoms with Gasteiger partial charge in [0.05, 0.1) is 0 Å². The summed E-state index contributed by atoms with van der Waals surface area (Å²) in [6.07, 6.45) is 0. The van der Waals surface area contributed by atoms with Crippen LogP contribution in [0.25, 0.3) is 0 Å². The molecule has 0 aliphatic rings. The number of hydrogen-bond donors (Lipinski definition) is 0. The Morgan fingerprint density at radius 2 is 1.09 bits per heavy atom. The average Bonchev–Trinajstić information content (AvgIpc) is 0.722. The van der Waals surface area contributed by atoms with Crippen LogP contribution >= 0.6 is 7.82 Å². The molecule has 1 N–H and O–H groups in total. The van der Waals surface area contributed by atoms with Crippen molar-refractivity contribution in [3.63, 3.8) is 0 Å². The Morgan fingerprint density at radius 3 is 1.09 bits per heavy atom. The van der Waals surface area contributed by atoms with Gasteiger partial charge in [-0.05, 0) is 0 Å². The minimum Gasteiger partial charge on any atom is -1.00 e. The largest absolute Gasteiger partial charge is 3.00 e. The Balaban J connectivity index is -0.00000000533. The van der Waals surface area contributed by atoms with Crippen molar-refractivity contribution >= 4 is 53.3 Å². The Labute approximate surface area is 184 Å². The van der Waals surface area contributed by atoms with Crippen LogP contribution in [0, 0.1) is 77.3 Å². The first-order valence-corrected chi connectivity index (χ1v) is 2.19. The molecular formula is HCeFLaNaO5PSr+4. The monoisotopic (exact) mass is 521 g/mol. The van der Waals surface area contributed by atoms with Gasteiger partial charge in [-0.15, -0.1) is 0 Å². The van der Waals surface area contributed by atoms with Gasteiger partial charge in [-0.1, -0.05) is 0 Å². The van der Waals surface area contributed by atoms with E-state index in [-0.39, 0.29) is 163 Å². The first kappa shape index (κ1) is 44.4. The molecule has 0 bridgehead atoms. The molecule has 11 heteroatoms. The second kappa shape index (κ2) is 24.3. The smallest absolute Gasteiger partial charge is 1.00 e. The van der Waals surface area contributed by atoms with Crippen LogP contribution in [0.15, 0.2) is 0 Å². The molecule has 0 aromatic heterocycles. The van der Waals surface area contributed by atoms with Crippen LogP contribution in [0.5, 0.6) is 0 Å². The van der Waals surface area contributed by atoms with Gasteiger partial charge in [-0.2, -0.15) is 7.82 Å². The van der Waals surface area contributed by atoms with Gasteiger partial charge in [0.15, 0.2) is 0 Å². The summed E-state index contributed by atoms with van der Waals surface area (Å²) in [5.41, 5.74) is 0. The van der Waals surface area contributed by atoms with Crippen molar-refractivity contribution in [3.05, 3.63) is 0 Å². The normalized spacial score (nSPS) is 5.36. The van der Waals surface area contributed by atoms with E-state index in [0.29, 0.717) is 0 Å². The minimum atomic E-state index is -5.39. The van der Waals surface area contributed by atoms with Crippen LogP contribution in [0.4, 0.5) is 0 Å². The van der Waals surface area contributed by atoms with E-state index in [4.69, 9.17) is 19.2 Å². The second-order valence-corrected chi connectivity index (χ2v) is 1.34. The van der Waals surface area contributed by atoms with Crippen molar-refractivity contribution in [1.29, 1.82) is 0 Å². The van der Waals surface area contributed by atoms with Crippen LogP contribution < -0.4 is 48.9 Å². The third-order valence-electron chi connectivity index (χ3n) is 0. The zero-order chi connectivity index (χ0) is 4.50. The van der Waals surface area contributed by atoms with Crippen molar-refractivity contribution in [2.24, 2.45) is 0 Å². The van der Waals surface area contributed by atoms with E-state index >= 15 is 0 Å². The van der Waals surface area contributed by atoms with E-state index in [0.717, 1.165) is 0 Å². The summed E-state index contributed by atoms with van der Waals surface area (Å²) >= 11 is 0. The van der Waals surface area contributed by atoms with Crippen molar-refractivity contribution in [2.45, 2.75) is 0 Å². The van der Waals surface area contributed by atoms with Crippen molar-refractivity contribution in [2.75, 3.05) is 0 Å². The summed E-state index contributed by atoms with van der Waals surface area (Å²) in [4.78, 5) is 25.6. The molecule has 0 amide bonds. The Morgan fingerprint density at radius 1 is 1.09 bits per heavy atom. The molecule has 0 aliphatic carbocycles. The van der Waals surface area contributed by atoms with Crippen molar-refractivity contribution in [3.8, 4) is 0 Å². The van der Waals surface area contributed by atoms with Crippen LogP contribution in [0.2, 0.25) is 0 Å².